The number of allylic oxidation sites excluding steroid dienone is 12. The van der Waals surface area contributed by atoms with Gasteiger partial charge in [-0.1, -0.05) is 136 Å². The van der Waals surface area contributed by atoms with E-state index >= 15 is 0 Å². The molecule has 0 radical (unpaired) electrons. The molecule has 210 valence electrons. The van der Waals surface area contributed by atoms with Crippen LogP contribution in [0.2, 0.25) is 0 Å². The molecule has 44 heavy (non-hydrogen) atoms. The fourth-order valence-corrected chi connectivity index (χ4v) is 5.88. The predicted octanol–water partition coefficient (Wildman–Crippen LogP) is 11.8. The lowest BCUT2D eigenvalue weighted by molar-refractivity contribution is 0.983. The van der Waals surface area contributed by atoms with Gasteiger partial charge in [-0.2, -0.15) is 5.26 Å². The first-order chi connectivity index (χ1) is 21.4. The van der Waals surface area contributed by atoms with Crippen LogP contribution in [0, 0.1) is 11.3 Å². The maximum absolute atomic E-state index is 8.90. The summed E-state index contributed by atoms with van der Waals surface area (Å²) in [7, 11) is 0. The van der Waals surface area contributed by atoms with Gasteiger partial charge in [0.05, 0.1) is 6.07 Å². The first-order valence-electron chi connectivity index (χ1n) is 14.8. The molecule has 0 N–H and O–H groups in total. The van der Waals surface area contributed by atoms with Gasteiger partial charge in [0.15, 0.2) is 0 Å². The minimum Gasteiger partial charge on any atom is -0.192 e. The zero-order chi connectivity index (χ0) is 30.6. The Kier molecular flexibility index (Phi) is 7.92. The van der Waals surface area contributed by atoms with E-state index in [1.807, 2.05) is 18.2 Å². The van der Waals surface area contributed by atoms with Gasteiger partial charge in [-0.25, -0.2) is 0 Å². The molecular weight excluding hydrogens is 530 g/mol. The molecule has 0 heterocycles. The van der Waals surface area contributed by atoms with Crippen molar-refractivity contribution in [3.63, 3.8) is 0 Å². The van der Waals surface area contributed by atoms with Crippen molar-refractivity contribution in [2.24, 2.45) is 0 Å². The summed E-state index contributed by atoms with van der Waals surface area (Å²) >= 11 is 0. The fraction of sp³-hybridized carbons (Fsp3) is 0.0465. The Morgan fingerprint density at radius 2 is 1.16 bits per heavy atom. The van der Waals surface area contributed by atoms with Gasteiger partial charge in [0.25, 0.3) is 0 Å². The van der Waals surface area contributed by atoms with Gasteiger partial charge in [-0.15, -0.1) is 0 Å². The molecule has 5 aromatic rings. The number of hydrogen-bond donors (Lipinski definition) is 0. The average Bonchev–Trinajstić information content (AvgIpc) is 3.09. The molecule has 6 rings (SSSR count). The Morgan fingerprint density at radius 1 is 0.591 bits per heavy atom. The first-order valence-corrected chi connectivity index (χ1v) is 14.8. The fourth-order valence-electron chi connectivity index (χ4n) is 5.88. The van der Waals surface area contributed by atoms with Gasteiger partial charge >= 0.3 is 0 Å². The summed E-state index contributed by atoms with van der Waals surface area (Å²) in [6.45, 7) is 16.1. The molecule has 0 atom stereocenters. The van der Waals surface area contributed by atoms with Crippen LogP contribution in [-0.4, -0.2) is 0 Å². The first kappa shape index (κ1) is 28.4. The van der Waals surface area contributed by atoms with E-state index in [9.17, 15) is 0 Å². The van der Waals surface area contributed by atoms with Gasteiger partial charge < -0.3 is 0 Å². The number of nitrogens with zero attached hydrogens (tertiary/aromatic N) is 1. The van der Waals surface area contributed by atoms with Crippen molar-refractivity contribution in [1.82, 2.24) is 0 Å². The maximum Gasteiger partial charge on any atom is 0.0985 e. The van der Waals surface area contributed by atoms with Crippen molar-refractivity contribution >= 4 is 37.9 Å². The lowest BCUT2D eigenvalue weighted by Crippen LogP contribution is -1.95. The highest BCUT2D eigenvalue weighted by atomic mass is 14.2. The summed E-state index contributed by atoms with van der Waals surface area (Å²) < 4.78 is 0. The molecule has 5 aromatic carbocycles. The van der Waals surface area contributed by atoms with Crippen molar-refractivity contribution < 1.29 is 0 Å². The minimum atomic E-state index is 0.380. The average molecular weight is 564 g/mol. The summed E-state index contributed by atoms with van der Waals surface area (Å²) in [4.78, 5) is 0. The van der Waals surface area contributed by atoms with Crippen molar-refractivity contribution in [2.45, 2.75) is 12.8 Å². The molecule has 0 saturated heterocycles. The summed E-state index contributed by atoms with van der Waals surface area (Å²) in [5.41, 5.74) is 8.86. The van der Waals surface area contributed by atoms with Crippen molar-refractivity contribution in [2.75, 3.05) is 0 Å². The molecule has 1 aliphatic rings. The highest BCUT2D eigenvalue weighted by Gasteiger charge is 2.12. The van der Waals surface area contributed by atoms with E-state index in [0.717, 1.165) is 29.6 Å². The van der Waals surface area contributed by atoms with E-state index in [-0.39, 0.29) is 0 Å². The largest absolute Gasteiger partial charge is 0.192 e. The standard InChI is InChI=1S/C43H33N/c1-29(28-44)19-20-30(2)31(3)21-22-32(4)33-11-9-12-34(25-33)35-13-10-14-36(26-35)37-23-24-42-40-17-6-5-15-38(40)39-16-7-8-18-41(39)43(42)27-37/h5-8,10,12-27H,1-4,9,11H2/b20-19-,22-21-. The summed E-state index contributed by atoms with van der Waals surface area (Å²) in [5, 5.41) is 16.6. The van der Waals surface area contributed by atoms with Gasteiger partial charge in [-0.3, -0.25) is 0 Å². The highest BCUT2D eigenvalue weighted by molar-refractivity contribution is 6.25. The van der Waals surface area contributed by atoms with Crippen LogP contribution >= 0.6 is 0 Å². The Hall–Kier alpha value is -5.71. The van der Waals surface area contributed by atoms with Crippen LogP contribution in [0.4, 0.5) is 0 Å². The molecule has 0 saturated carbocycles. The van der Waals surface area contributed by atoms with Crippen molar-refractivity contribution in [1.29, 1.82) is 5.26 Å². The Bertz CT molecular complexity index is 2150. The van der Waals surface area contributed by atoms with Crippen LogP contribution in [-0.2, 0) is 0 Å². The molecule has 1 nitrogen and oxygen atoms in total. The zero-order valence-electron chi connectivity index (χ0n) is 24.8. The predicted molar refractivity (Wildman–Crippen MR) is 190 cm³/mol. The van der Waals surface area contributed by atoms with Crippen LogP contribution < -0.4 is 0 Å². The van der Waals surface area contributed by atoms with Crippen LogP contribution in [0.5, 0.6) is 0 Å². The molecule has 0 bridgehead atoms. The van der Waals surface area contributed by atoms with E-state index in [4.69, 9.17) is 5.26 Å². The molecule has 0 fully saturated rings. The zero-order valence-corrected chi connectivity index (χ0v) is 24.8. The minimum absolute atomic E-state index is 0.380. The second-order valence-corrected chi connectivity index (χ2v) is 11.2. The topological polar surface area (TPSA) is 23.8 Å². The number of nitriles is 1. The van der Waals surface area contributed by atoms with Crippen molar-refractivity contribution in [3.8, 4) is 17.2 Å². The van der Waals surface area contributed by atoms with E-state index in [2.05, 4.69) is 129 Å². The number of hydrogen-bond acceptors (Lipinski definition) is 1. The van der Waals surface area contributed by atoms with Crippen LogP contribution in [0.25, 0.3) is 49.0 Å². The molecule has 0 aliphatic heterocycles. The molecule has 0 spiro atoms. The molecule has 0 amide bonds. The van der Waals surface area contributed by atoms with Gasteiger partial charge in [-0.05, 0) is 108 Å². The lowest BCUT2D eigenvalue weighted by Gasteiger charge is -2.16. The van der Waals surface area contributed by atoms with Gasteiger partial charge in [0, 0.05) is 5.57 Å². The number of benzene rings is 5. The van der Waals surface area contributed by atoms with E-state index in [0.29, 0.717) is 5.57 Å². The van der Waals surface area contributed by atoms with E-state index < -0.39 is 0 Å². The van der Waals surface area contributed by atoms with Gasteiger partial charge in [0.2, 0.25) is 0 Å². The van der Waals surface area contributed by atoms with Crippen LogP contribution in [0.15, 0.2) is 182 Å². The molecule has 1 heteroatoms. The third-order valence-electron chi connectivity index (χ3n) is 8.32. The second-order valence-electron chi connectivity index (χ2n) is 11.2. The molecular formula is C43H33N. The third-order valence-corrected chi connectivity index (χ3v) is 8.32. The SMILES string of the molecule is C=C(C#N)/C=C\C(=C)C(=C)/C=C\C(=C)C1=CC(c2cccc(-c3ccc4c5ccccc5c5ccccc5c4c3)c2)=CCC1. The lowest BCUT2D eigenvalue weighted by atomic mass is 9.89. The monoisotopic (exact) mass is 563 g/mol. The Labute approximate surface area is 259 Å². The van der Waals surface area contributed by atoms with Crippen LogP contribution in [0.3, 0.4) is 0 Å². The van der Waals surface area contributed by atoms with Crippen molar-refractivity contribution in [3.05, 3.63) is 187 Å². The quantitative estimate of drug-likeness (QED) is 0.105. The maximum atomic E-state index is 8.90. The van der Waals surface area contributed by atoms with Crippen LogP contribution in [0.1, 0.15) is 18.4 Å². The van der Waals surface area contributed by atoms with E-state index in [1.54, 1.807) is 12.2 Å². The molecule has 0 unspecified atom stereocenters. The summed E-state index contributed by atoms with van der Waals surface area (Å²) in [6.07, 6.45) is 13.8. The molecule has 1 aliphatic carbocycles. The summed E-state index contributed by atoms with van der Waals surface area (Å²) in [5.74, 6) is 0. The third kappa shape index (κ3) is 5.67. The van der Waals surface area contributed by atoms with Gasteiger partial charge in [0.1, 0.15) is 0 Å². The van der Waals surface area contributed by atoms with E-state index in [1.165, 1.54) is 60.2 Å². The summed E-state index contributed by atoms with van der Waals surface area (Å²) in [6, 6.07) is 35.1. The Morgan fingerprint density at radius 3 is 1.82 bits per heavy atom. The molecule has 0 aromatic heterocycles. The Balaban J connectivity index is 1.28. The number of rotatable bonds is 8. The smallest absolute Gasteiger partial charge is 0.0985 e. The normalized spacial score (nSPS) is 13.2. The second kappa shape index (κ2) is 12.3. The number of fused-ring (bicyclic) bond motifs is 6. The highest BCUT2D eigenvalue weighted by Crippen LogP contribution is 2.38.